The minimum atomic E-state index is -0.631. The van der Waals surface area contributed by atoms with Crippen molar-refractivity contribution in [2.45, 2.75) is 29.2 Å². The van der Waals surface area contributed by atoms with E-state index in [1.54, 1.807) is 11.8 Å². The summed E-state index contributed by atoms with van der Waals surface area (Å²) >= 11 is 1.65. The maximum absolute atomic E-state index is 10.7. The van der Waals surface area contributed by atoms with Crippen LogP contribution in [0.3, 0.4) is 0 Å². The summed E-state index contributed by atoms with van der Waals surface area (Å²) in [7, 11) is 2.01. The number of hydrogen-bond donors (Lipinski definition) is 1. The van der Waals surface area contributed by atoms with Crippen molar-refractivity contribution in [3.8, 4) is 11.8 Å². The van der Waals surface area contributed by atoms with Gasteiger partial charge in [0.15, 0.2) is 4.87 Å². The lowest BCUT2D eigenvalue weighted by molar-refractivity contribution is 0.146. The van der Waals surface area contributed by atoms with Crippen LogP contribution >= 0.6 is 11.8 Å². The highest BCUT2D eigenvalue weighted by Crippen LogP contribution is 2.51. The summed E-state index contributed by atoms with van der Waals surface area (Å²) in [5.41, 5.74) is 2.09. The fourth-order valence-corrected chi connectivity index (χ4v) is 4.11. The fraction of sp³-hybridized carbons (Fsp3) is 0.263. The lowest BCUT2D eigenvalue weighted by Crippen LogP contribution is -2.49. The van der Waals surface area contributed by atoms with Crippen molar-refractivity contribution in [3.63, 3.8) is 0 Å². The number of para-hydroxylation sites is 1. The highest BCUT2D eigenvalue weighted by atomic mass is 32.2. The Balaban J connectivity index is 2.04. The largest absolute Gasteiger partial charge is 0.389 e. The fourth-order valence-electron chi connectivity index (χ4n) is 2.68. The summed E-state index contributed by atoms with van der Waals surface area (Å²) in [5, 5.41) is 10.7. The summed E-state index contributed by atoms with van der Waals surface area (Å²) in [6.45, 7) is 1.99. The summed E-state index contributed by atoms with van der Waals surface area (Å²) < 4.78 is 0. The molecule has 0 aromatic heterocycles. The third kappa shape index (κ3) is 2.49. The van der Waals surface area contributed by atoms with E-state index in [1.165, 1.54) is 4.90 Å². The first-order chi connectivity index (χ1) is 10.7. The maximum atomic E-state index is 10.7. The summed E-state index contributed by atoms with van der Waals surface area (Å²) in [4.78, 5) is 2.64. The molecule has 1 aliphatic rings. The second kappa shape index (κ2) is 6.08. The molecule has 2 nitrogen and oxygen atoms in total. The number of fused-ring (bicyclic) bond motifs is 1. The molecule has 0 radical (unpaired) electrons. The van der Waals surface area contributed by atoms with Gasteiger partial charge in [0, 0.05) is 17.5 Å². The molecule has 0 saturated carbocycles. The standard InChI is InChI=1S/C19H19NOS/c1-3-18(21)19(14-13-15-9-5-4-6-10-15)20(2)16-11-7-8-12-17(16)22-19/h4-12,18,21H,3H2,1-2H3/t18-,19-/m1/s1. The van der Waals surface area contributed by atoms with Gasteiger partial charge in [0.05, 0.1) is 11.8 Å². The molecule has 112 valence electrons. The number of nitrogens with zero attached hydrogens (tertiary/aromatic N) is 1. The van der Waals surface area contributed by atoms with Crippen LogP contribution in [0, 0.1) is 11.8 Å². The van der Waals surface area contributed by atoms with Gasteiger partial charge in [-0.3, -0.25) is 0 Å². The van der Waals surface area contributed by atoms with Crippen LogP contribution in [-0.2, 0) is 0 Å². The van der Waals surface area contributed by atoms with E-state index in [2.05, 4.69) is 28.9 Å². The predicted molar refractivity (Wildman–Crippen MR) is 93.1 cm³/mol. The molecule has 3 rings (SSSR count). The predicted octanol–water partition coefficient (Wildman–Crippen LogP) is 3.75. The van der Waals surface area contributed by atoms with Crippen LogP contribution in [0.1, 0.15) is 18.9 Å². The van der Waals surface area contributed by atoms with Gasteiger partial charge in [-0.1, -0.05) is 60.9 Å². The first-order valence-corrected chi connectivity index (χ1v) is 8.27. The molecule has 2 atom stereocenters. The minimum absolute atomic E-state index is 0.522. The molecule has 0 fully saturated rings. The van der Waals surface area contributed by atoms with Crippen LogP contribution < -0.4 is 4.90 Å². The summed E-state index contributed by atoms with van der Waals surface area (Å²) in [6, 6.07) is 18.1. The maximum Gasteiger partial charge on any atom is 0.179 e. The van der Waals surface area contributed by atoms with Gasteiger partial charge in [-0.25, -0.2) is 0 Å². The SMILES string of the molecule is CC[C@@H](O)[C@@]1(C#Cc2ccccc2)Sc2ccccc2N1C. The number of benzene rings is 2. The van der Waals surface area contributed by atoms with E-state index in [9.17, 15) is 5.11 Å². The van der Waals surface area contributed by atoms with Crippen LogP contribution in [0.2, 0.25) is 0 Å². The second-order valence-corrected chi connectivity index (χ2v) is 6.63. The number of thioether (sulfide) groups is 1. The molecule has 1 heterocycles. The van der Waals surface area contributed by atoms with Crippen molar-refractivity contribution >= 4 is 17.4 Å². The molecule has 2 aromatic carbocycles. The van der Waals surface area contributed by atoms with Crippen molar-refractivity contribution in [2.75, 3.05) is 11.9 Å². The number of aliphatic hydroxyl groups excluding tert-OH is 1. The van der Waals surface area contributed by atoms with Gasteiger partial charge in [0.2, 0.25) is 0 Å². The molecule has 0 saturated heterocycles. The molecule has 0 unspecified atom stereocenters. The summed E-state index contributed by atoms with van der Waals surface area (Å²) in [6.07, 6.45) is 0.139. The molecule has 22 heavy (non-hydrogen) atoms. The van der Waals surface area contributed by atoms with E-state index in [-0.39, 0.29) is 0 Å². The van der Waals surface area contributed by atoms with Crippen molar-refractivity contribution in [2.24, 2.45) is 0 Å². The van der Waals surface area contributed by atoms with Gasteiger partial charge >= 0.3 is 0 Å². The van der Waals surface area contributed by atoms with Crippen LogP contribution in [0.25, 0.3) is 0 Å². The Bertz CT molecular complexity index is 719. The van der Waals surface area contributed by atoms with Crippen molar-refractivity contribution in [1.82, 2.24) is 0 Å². The van der Waals surface area contributed by atoms with Gasteiger partial charge in [0.25, 0.3) is 0 Å². The number of hydrogen-bond acceptors (Lipinski definition) is 3. The molecule has 2 aromatic rings. The Labute approximate surface area is 136 Å². The first kappa shape index (κ1) is 15.0. The quantitative estimate of drug-likeness (QED) is 0.855. The van der Waals surface area contributed by atoms with E-state index >= 15 is 0 Å². The van der Waals surface area contributed by atoms with Crippen molar-refractivity contribution in [3.05, 3.63) is 60.2 Å². The van der Waals surface area contributed by atoms with Crippen molar-refractivity contribution < 1.29 is 5.11 Å². The Morgan fingerprint density at radius 3 is 2.50 bits per heavy atom. The molecule has 0 spiro atoms. The molecule has 1 N–H and O–H groups in total. The lowest BCUT2D eigenvalue weighted by atomic mass is 10.1. The van der Waals surface area contributed by atoms with Crippen molar-refractivity contribution in [1.29, 1.82) is 0 Å². The molecule has 3 heteroatoms. The van der Waals surface area contributed by atoms with E-state index < -0.39 is 11.0 Å². The van der Waals surface area contributed by atoms with Gasteiger partial charge in [0.1, 0.15) is 0 Å². The molecular formula is C19H19NOS. The molecule has 0 bridgehead atoms. The van der Waals surface area contributed by atoms with Gasteiger partial charge in [-0.2, -0.15) is 0 Å². The highest BCUT2D eigenvalue weighted by Gasteiger charge is 2.46. The zero-order valence-electron chi connectivity index (χ0n) is 12.8. The molecule has 1 aliphatic heterocycles. The Morgan fingerprint density at radius 2 is 1.82 bits per heavy atom. The average molecular weight is 309 g/mol. The smallest absolute Gasteiger partial charge is 0.179 e. The zero-order valence-corrected chi connectivity index (χ0v) is 13.6. The van der Waals surface area contributed by atoms with E-state index in [0.717, 1.165) is 11.3 Å². The van der Waals surface area contributed by atoms with E-state index in [0.29, 0.717) is 6.42 Å². The Kier molecular flexibility index (Phi) is 4.15. The molecular weight excluding hydrogens is 290 g/mol. The van der Waals surface area contributed by atoms with Crippen LogP contribution in [0.4, 0.5) is 5.69 Å². The van der Waals surface area contributed by atoms with Gasteiger partial charge < -0.3 is 10.0 Å². The Hall–Kier alpha value is -1.89. The average Bonchev–Trinajstić information content (AvgIpc) is 2.87. The van der Waals surface area contributed by atoms with Crippen LogP contribution in [-0.4, -0.2) is 23.1 Å². The summed E-state index contributed by atoms with van der Waals surface area (Å²) in [5.74, 6) is 6.58. The normalized spacial score (nSPS) is 21.0. The number of anilines is 1. The highest BCUT2D eigenvalue weighted by molar-refractivity contribution is 8.01. The number of likely N-dealkylation sites (N-methyl/N-ethyl adjacent to an activating group) is 1. The van der Waals surface area contributed by atoms with E-state index in [4.69, 9.17) is 0 Å². The molecule has 0 amide bonds. The zero-order chi connectivity index (χ0) is 15.6. The monoisotopic (exact) mass is 309 g/mol. The third-order valence-electron chi connectivity index (χ3n) is 3.99. The first-order valence-electron chi connectivity index (χ1n) is 7.45. The van der Waals surface area contributed by atoms with Crippen LogP contribution in [0.15, 0.2) is 59.5 Å². The van der Waals surface area contributed by atoms with Gasteiger partial charge in [-0.15, -0.1) is 0 Å². The minimum Gasteiger partial charge on any atom is -0.389 e. The number of rotatable bonds is 2. The second-order valence-electron chi connectivity index (χ2n) is 5.37. The third-order valence-corrected chi connectivity index (χ3v) is 5.51. The van der Waals surface area contributed by atoms with E-state index in [1.807, 2.05) is 56.4 Å². The van der Waals surface area contributed by atoms with Crippen LogP contribution in [0.5, 0.6) is 0 Å². The number of aliphatic hydroxyl groups is 1. The van der Waals surface area contributed by atoms with Gasteiger partial charge in [-0.05, 0) is 30.7 Å². The Morgan fingerprint density at radius 1 is 1.14 bits per heavy atom. The topological polar surface area (TPSA) is 23.5 Å². The molecule has 0 aliphatic carbocycles. The lowest BCUT2D eigenvalue weighted by Gasteiger charge is -2.35.